The number of hydrogen-bond acceptors (Lipinski definition) is 5. The normalized spacial score (nSPS) is 25.9. The van der Waals surface area contributed by atoms with Gasteiger partial charge in [0.2, 0.25) is 5.91 Å². The van der Waals surface area contributed by atoms with Crippen LogP contribution in [0, 0.1) is 0 Å². The maximum absolute atomic E-state index is 12.1. The zero-order valence-corrected chi connectivity index (χ0v) is 13.7. The molecule has 0 aromatic carbocycles. The summed E-state index contributed by atoms with van der Waals surface area (Å²) in [6.07, 6.45) is 4.38. The number of nitrogens with zero attached hydrogens (tertiary/aromatic N) is 1. The standard InChI is InChI=1S/C16H28N2O4/c1-13(2)5-11-21-15-6-10-20-12-14(15)17-16(19)4-8-18-7-3-9-22-18/h5,14-15H,3-4,6-12H2,1-2H3,(H,17,19)/t14-,15+/m1/s1. The Morgan fingerprint density at radius 2 is 2.27 bits per heavy atom. The van der Waals surface area contributed by atoms with Gasteiger partial charge in [-0.15, -0.1) is 0 Å². The van der Waals surface area contributed by atoms with Gasteiger partial charge in [0.05, 0.1) is 32.0 Å². The average Bonchev–Trinajstić information content (AvgIpc) is 3.00. The minimum absolute atomic E-state index is 0.0244. The molecular weight excluding hydrogens is 284 g/mol. The molecule has 2 rings (SSSR count). The van der Waals surface area contributed by atoms with Crippen molar-refractivity contribution < 1.29 is 19.1 Å². The van der Waals surface area contributed by atoms with E-state index in [9.17, 15) is 4.79 Å². The molecule has 6 heteroatoms. The number of amides is 1. The molecular formula is C16H28N2O4. The second kappa shape index (κ2) is 9.25. The molecule has 0 unspecified atom stereocenters. The van der Waals surface area contributed by atoms with Crippen molar-refractivity contribution in [2.45, 2.75) is 45.3 Å². The molecule has 1 N–H and O–H groups in total. The van der Waals surface area contributed by atoms with E-state index in [0.717, 1.165) is 26.0 Å². The van der Waals surface area contributed by atoms with Gasteiger partial charge in [-0.2, -0.15) is 5.06 Å². The molecule has 0 spiro atoms. The molecule has 0 aromatic rings. The monoisotopic (exact) mass is 312 g/mol. The van der Waals surface area contributed by atoms with Gasteiger partial charge < -0.3 is 14.8 Å². The summed E-state index contributed by atoms with van der Waals surface area (Å²) in [6.45, 7) is 8.20. The van der Waals surface area contributed by atoms with E-state index >= 15 is 0 Å². The Hall–Kier alpha value is -0.950. The van der Waals surface area contributed by atoms with E-state index in [-0.39, 0.29) is 18.1 Å². The molecule has 0 aliphatic carbocycles. The van der Waals surface area contributed by atoms with Crippen molar-refractivity contribution in [1.29, 1.82) is 0 Å². The molecule has 1 amide bonds. The lowest BCUT2D eigenvalue weighted by Gasteiger charge is -2.32. The van der Waals surface area contributed by atoms with Crippen molar-refractivity contribution in [3.8, 4) is 0 Å². The van der Waals surface area contributed by atoms with E-state index in [4.69, 9.17) is 14.3 Å². The first-order valence-corrected chi connectivity index (χ1v) is 8.15. The Morgan fingerprint density at radius 1 is 1.41 bits per heavy atom. The van der Waals surface area contributed by atoms with Crippen molar-refractivity contribution in [2.24, 2.45) is 0 Å². The van der Waals surface area contributed by atoms with E-state index in [1.165, 1.54) is 5.57 Å². The summed E-state index contributed by atoms with van der Waals surface area (Å²) >= 11 is 0. The molecule has 0 saturated carbocycles. The van der Waals surface area contributed by atoms with Crippen molar-refractivity contribution >= 4 is 5.91 Å². The van der Waals surface area contributed by atoms with E-state index in [0.29, 0.717) is 32.8 Å². The average molecular weight is 312 g/mol. The van der Waals surface area contributed by atoms with E-state index < -0.39 is 0 Å². The molecule has 126 valence electrons. The number of hydroxylamine groups is 2. The third kappa shape index (κ3) is 6.04. The van der Waals surface area contributed by atoms with Crippen LogP contribution in [-0.4, -0.2) is 62.6 Å². The van der Waals surface area contributed by atoms with Crippen LogP contribution in [0.3, 0.4) is 0 Å². The lowest BCUT2D eigenvalue weighted by molar-refractivity contribution is -0.133. The van der Waals surface area contributed by atoms with Gasteiger partial charge in [0.25, 0.3) is 0 Å². The van der Waals surface area contributed by atoms with Crippen LogP contribution >= 0.6 is 0 Å². The van der Waals surface area contributed by atoms with E-state index in [1.807, 2.05) is 18.9 Å². The third-order valence-corrected chi connectivity index (χ3v) is 3.86. The van der Waals surface area contributed by atoms with Crippen LogP contribution in [0.5, 0.6) is 0 Å². The largest absolute Gasteiger partial charge is 0.379 e. The number of nitrogens with one attached hydrogen (secondary N) is 1. The number of ether oxygens (including phenoxy) is 2. The number of allylic oxidation sites excluding steroid dienone is 1. The first-order valence-electron chi connectivity index (χ1n) is 8.15. The fourth-order valence-electron chi connectivity index (χ4n) is 2.57. The predicted molar refractivity (Wildman–Crippen MR) is 83.3 cm³/mol. The predicted octanol–water partition coefficient (Wildman–Crippen LogP) is 1.27. The van der Waals surface area contributed by atoms with Crippen LogP contribution in [0.4, 0.5) is 0 Å². The van der Waals surface area contributed by atoms with Crippen molar-refractivity contribution in [1.82, 2.24) is 10.4 Å². The quantitative estimate of drug-likeness (QED) is 0.718. The maximum atomic E-state index is 12.1. The van der Waals surface area contributed by atoms with Gasteiger partial charge in [-0.25, -0.2) is 0 Å². The first kappa shape index (κ1) is 17.4. The van der Waals surface area contributed by atoms with Crippen LogP contribution in [0.2, 0.25) is 0 Å². The Bertz CT molecular complexity index is 376. The lowest BCUT2D eigenvalue weighted by Crippen LogP contribution is -2.51. The Labute approximate surface area is 132 Å². The van der Waals surface area contributed by atoms with Crippen LogP contribution in [0.25, 0.3) is 0 Å². The molecule has 2 fully saturated rings. The van der Waals surface area contributed by atoms with Crippen LogP contribution in [-0.2, 0) is 19.1 Å². The minimum atomic E-state index is -0.0636. The highest BCUT2D eigenvalue weighted by molar-refractivity contribution is 5.76. The molecule has 2 aliphatic heterocycles. The minimum Gasteiger partial charge on any atom is -0.379 e. The van der Waals surface area contributed by atoms with Gasteiger partial charge in [0.1, 0.15) is 0 Å². The van der Waals surface area contributed by atoms with Gasteiger partial charge in [0, 0.05) is 26.1 Å². The smallest absolute Gasteiger partial charge is 0.221 e. The second-order valence-electron chi connectivity index (χ2n) is 6.06. The Balaban J connectivity index is 1.72. The molecule has 2 aliphatic rings. The number of carbonyl (C=O) groups excluding carboxylic acids is 1. The lowest BCUT2D eigenvalue weighted by atomic mass is 10.1. The van der Waals surface area contributed by atoms with Gasteiger partial charge in [-0.1, -0.05) is 11.6 Å². The topological polar surface area (TPSA) is 60.0 Å². The molecule has 0 bridgehead atoms. The zero-order valence-electron chi connectivity index (χ0n) is 13.7. The molecule has 2 saturated heterocycles. The fraction of sp³-hybridized carbons (Fsp3) is 0.812. The first-order chi connectivity index (χ1) is 10.6. The van der Waals surface area contributed by atoms with E-state index in [1.54, 1.807) is 0 Å². The molecule has 6 nitrogen and oxygen atoms in total. The summed E-state index contributed by atoms with van der Waals surface area (Å²) in [5, 5.41) is 4.90. The second-order valence-corrected chi connectivity index (χ2v) is 6.06. The number of rotatable bonds is 7. The highest BCUT2D eigenvalue weighted by Gasteiger charge is 2.27. The highest BCUT2D eigenvalue weighted by atomic mass is 16.7. The Kier molecular flexibility index (Phi) is 7.32. The maximum Gasteiger partial charge on any atom is 0.221 e. The van der Waals surface area contributed by atoms with Gasteiger partial charge in [0.15, 0.2) is 0 Å². The highest BCUT2D eigenvalue weighted by Crippen LogP contribution is 2.13. The summed E-state index contributed by atoms with van der Waals surface area (Å²) in [4.78, 5) is 17.5. The van der Waals surface area contributed by atoms with Gasteiger partial charge in [-0.05, 0) is 26.7 Å². The van der Waals surface area contributed by atoms with Gasteiger partial charge in [-0.3, -0.25) is 9.63 Å². The summed E-state index contributed by atoms with van der Waals surface area (Å²) in [5.74, 6) is 0.0295. The van der Waals surface area contributed by atoms with Gasteiger partial charge >= 0.3 is 0 Å². The summed E-state index contributed by atoms with van der Waals surface area (Å²) < 4.78 is 11.4. The van der Waals surface area contributed by atoms with Crippen LogP contribution < -0.4 is 5.32 Å². The molecule has 22 heavy (non-hydrogen) atoms. The summed E-state index contributed by atoms with van der Waals surface area (Å²) in [5.41, 5.74) is 1.23. The van der Waals surface area contributed by atoms with Crippen molar-refractivity contribution in [3.63, 3.8) is 0 Å². The van der Waals surface area contributed by atoms with Crippen LogP contribution in [0.1, 0.15) is 33.1 Å². The SMILES string of the molecule is CC(C)=CCO[C@H]1CCOC[C@H]1NC(=O)CCN1CCCO1. The van der Waals surface area contributed by atoms with Crippen LogP contribution in [0.15, 0.2) is 11.6 Å². The number of hydrogen-bond donors (Lipinski definition) is 1. The van der Waals surface area contributed by atoms with Crippen molar-refractivity contribution in [3.05, 3.63) is 11.6 Å². The van der Waals surface area contributed by atoms with Crippen molar-refractivity contribution in [2.75, 3.05) is 39.5 Å². The van der Waals surface area contributed by atoms with E-state index in [2.05, 4.69) is 11.4 Å². The fourth-order valence-corrected chi connectivity index (χ4v) is 2.57. The number of carbonyl (C=O) groups is 1. The third-order valence-electron chi connectivity index (χ3n) is 3.86. The molecule has 0 radical (unpaired) electrons. The Morgan fingerprint density at radius 3 is 3.00 bits per heavy atom. The molecule has 0 aromatic heterocycles. The summed E-state index contributed by atoms with van der Waals surface area (Å²) in [6, 6.07) is -0.0636. The molecule has 2 heterocycles. The molecule has 2 atom stereocenters. The summed E-state index contributed by atoms with van der Waals surface area (Å²) in [7, 11) is 0. The zero-order chi connectivity index (χ0) is 15.8.